The van der Waals surface area contributed by atoms with Crippen LogP contribution in [0.5, 0.6) is 0 Å². The van der Waals surface area contributed by atoms with Crippen LogP contribution in [0.1, 0.15) is 24.2 Å². The number of primary amides is 1. The predicted octanol–water partition coefficient (Wildman–Crippen LogP) is 1.74. The molecule has 21 heavy (non-hydrogen) atoms. The van der Waals surface area contributed by atoms with Crippen LogP contribution in [-0.2, 0) is 4.79 Å². The Morgan fingerprint density at radius 3 is 2.52 bits per heavy atom. The molecule has 0 aliphatic heterocycles. The van der Waals surface area contributed by atoms with Crippen molar-refractivity contribution < 1.29 is 14.1 Å². The van der Waals surface area contributed by atoms with E-state index in [9.17, 15) is 9.59 Å². The molecule has 0 atom stereocenters. The Hall–Kier alpha value is -2.96. The lowest BCUT2D eigenvalue weighted by atomic mass is 10.1. The summed E-state index contributed by atoms with van der Waals surface area (Å²) in [6.45, 7) is 3.55. The molecule has 0 saturated carbocycles. The quantitative estimate of drug-likeness (QED) is 0.831. The summed E-state index contributed by atoms with van der Waals surface area (Å²) in [7, 11) is 0. The minimum absolute atomic E-state index is 0.0247. The molecule has 0 fully saturated rings. The van der Waals surface area contributed by atoms with Gasteiger partial charge in [-0.1, -0.05) is 10.7 Å². The summed E-state index contributed by atoms with van der Waals surface area (Å²) in [5.74, 6) is -1.23. The molecule has 7 nitrogen and oxygen atoms in total. The number of amides is 2. The highest BCUT2D eigenvalue weighted by Gasteiger charge is 2.23. The molecule has 2 rings (SSSR count). The highest BCUT2D eigenvalue weighted by atomic mass is 16.5. The van der Waals surface area contributed by atoms with E-state index < -0.39 is 11.8 Å². The van der Waals surface area contributed by atoms with E-state index in [4.69, 9.17) is 10.3 Å². The number of carbonyl (C=O) groups excluding carboxylic acids is 2. The van der Waals surface area contributed by atoms with Crippen LogP contribution in [-0.4, -0.2) is 22.0 Å². The van der Waals surface area contributed by atoms with Gasteiger partial charge >= 0.3 is 0 Å². The van der Waals surface area contributed by atoms with Crippen LogP contribution in [0.4, 0.5) is 5.88 Å². The number of pyridine rings is 1. The van der Waals surface area contributed by atoms with Crippen LogP contribution in [0.15, 0.2) is 40.7 Å². The van der Waals surface area contributed by atoms with E-state index in [1.165, 1.54) is 6.08 Å². The molecular formula is C14H14N4O3. The maximum atomic E-state index is 11.7. The fourth-order valence-electron chi connectivity index (χ4n) is 1.72. The van der Waals surface area contributed by atoms with Crippen molar-refractivity contribution >= 4 is 17.7 Å². The summed E-state index contributed by atoms with van der Waals surface area (Å²) >= 11 is 0. The predicted molar refractivity (Wildman–Crippen MR) is 76.3 cm³/mol. The second kappa shape index (κ2) is 6.00. The Morgan fingerprint density at radius 2 is 1.95 bits per heavy atom. The van der Waals surface area contributed by atoms with Gasteiger partial charge in [0.2, 0.25) is 5.88 Å². The molecular weight excluding hydrogens is 272 g/mol. The minimum atomic E-state index is -0.740. The van der Waals surface area contributed by atoms with Crippen molar-refractivity contribution in [1.29, 1.82) is 0 Å². The number of nitrogens with one attached hydrogen (secondary N) is 1. The Balaban J connectivity index is 2.41. The van der Waals surface area contributed by atoms with Crippen molar-refractivity contribution in [1.82, 2.24) is 10.1 Å². The first-order valence-electron chi connectivity index (χ1n) is 6.14. The number of anilines is 1. The van der Waals surface area contributed by atoms with Crippen molar-refractivity contribution in [3.05, 3.63) is 41.7 Å². The van der Waals surface area contributed by atoms with Gasteiger partial charge < -0.3 is 10.3 Å². The van der Waals surface area contributed by atoms with Gasteiger partial charge in [-0.05, 0) is 26.0 Å². The minimum Gasteiger partial charge on any atom is -0.365 e. The van der Waals surface area contributed by atoms with Gasteiger partial charge in [-0.25, -0.2) is 0 Å². The third kappa shape index (κ3) is 3.33. The van der Waals surface area contributed by atoms with Gasteiger partial charge in [0.25, 0.3) is 11.8 Å². The zero-order valence-corrected chi connectivity index (χ0v) is 11.6. The lowest BCUT2D eigenvalue weighted by Gasteiger charge is -2.01. The van der Waals surface area contributed by atoms with Crippen molar-refractivity contribution in [2.75, 3.05) is 5.32 Å². The van der Waals surface area contributed by atoms with E-state index in [-0.39, 0.29) is 17.1 Å². The summed E-state index contributed by atoms with van der Waals surface area (Å²) < 4.78 is 5.03. The number of aromatic nitrogens is 2. The first-order valence-corrected chi connectivity index (χ1v) is 6.14. The van der Waals surface area contributed by atoms with Crippen molar-refractivity contribution in [3.8, 4) is 11.3 Å². The van der Waals surface area contributed by atoms with Gasteiger partial charge in [-0.15, -0.1) is 0 Å². The second-order valence-electron chi connectivity index (χ2n) is 4.55. The topological polar surface area (TPSA) is 111 Å². The van der Waals surface area contributed by atoms with E-state index in [1.807, 2.05) is 0 Å². The molecule has 0 aromatic carbocycles. The normalized spacial score (nSPS) is 10.0. The molecule has 2 heterocycles. The summed E-state index contributed by atoms with van der Waals surface area (Å²) in [6.07, 6.45) is 4.48. The molecule has 0 radical (unpaired) electrons. The molecule has 2 aromatic rings. The summed E-state index contributed by atoms with van der Waals surface area (Å²) in [4.78, 5) is 27.2. The fourth-order valence-corrected chi connectivity index (χ4v) is 1.72. The first-order chi connectivity index (χ1) is 9.99. The van der Waals surface area contributed by atoms with Crippen molar-refractivity contribution in [2.45, 2.75) is 13.8 Å². The van der Waals surface area contributed by atoms with E-state index in [0.29, 0.717) is 5.56 Å². The van der Waals surface area contributed by atoms with Crippen LogP contribution >= 0.6 is 0 Å². The van der Waals surface area contributed by atoms with Crippen LogP contribution in [0, 0.1) is 0 Å². The maximum Gasteiger partial charge on any atom is 0.256 e. The number of nitrogens with zero attached hydrogens (tertiary/aromatic N) is 2. The number of hydrogen-bond acceptors (Lipinski definition) is 5. The highest BCUT2D eigenvalue weighted by Crippen LogP contribution is 2.28. The zero-order chi connectivity index (χ0) is 15.4. The van der Waals surface area contributed by atoms with Crippen molar-refractivity contribution in [2.24, 2.45) is 5.73 Å². The van der Waals surface area contributed by atoms with E-state index in [0.717, 1.165) is 5.57 Å². The Bertz CT molecular complexity index is 700. The zero-order valence-electron chi connectivity index (χ0n) is 11.6. The molecule has 3 N–H and O–H groups in total. The van der Waals surface area contributed by atoms with Crippen LogP contribution in [0.3, 0.4) is 0 Å². The highest BCUT2D eigenvalue weighted by molar-refractivity contribution is 6.07. The van der Waals surface area contributed by atoms with Gasteiger partial charge in [0.1, 0.15) is 11.3 Å². The molecule has 0 bridgehead atoms. The Morgan fingerprint density at radius 1 is 1.29 bits per heavy atom. The standard InChI is InChI=1S/C14H14N4O3/c1-8(2)7-10(19)17-14-11(13(15)20)12(18-21-14)9-3-5-16-6-4-9/h3-7H,1-2H3,(H2,15,20)(H,17,19). The molecule has 7 heteroatoms. The molecule has 2 aromatic heterocycles. The maximum absolute atomic E-state index is 11.7. The smallest absolute Gasteiger partial charge is 0.256 e. The molecule has 2 amide bonds. The molecule has 0 unspecified atom stereocenters. The van der Waals surface area contributed by atoms with Gasteiger partial charge in [0.05, 0.1) is 0 Å². The molecule has 0 aliphatic rings. The molecule has 108 valence electrons. The number of hydrogen-bond donors (Lipinski definition) is 2. The van der Waals surface area contributed by atoms with Crippen LogP contribution in [0.25, 0.3) is 11.3 Å². The first kappa shape index (κ1) is 14.4. The lowest BCUT2D eigenvalue weighted by molar-refractivity contribution is -0.112. The van der Waals surface area contributed by atoms with Crippen molar-refractivity contribution in [3.63, 3.8) is 0 Å². The number of rotatable bonds is 4. The van der Waals surface area contributed by atoms with E-state index in [1.54, 1.807) is 38.4 Å². The molecule has 0 aliphatic carbocycles. The number of carbonyl (C=O) groups is 2. The average molecular weight is 286 g/mol. The van der Waals surface area contributed by atoms with Gasteiger partial charge in [-0.2, -0.15) is 0 Å². The fraction of sp³-hybridized carbons (Fsp3) is 0.143. The Kier molecular flexibility index (Phi) is 4.13. The molecule has 0 spiro atoms. The number of allylic oxidation sites excluding steroid dienone is 1. The monoisotopic (exact) mass is 286 g/mol. The lowest BCUT2D eigenvalue weighted by Crippen LogP contribution is -2.16. The van der Waals surface area contributed by atoms with E-state index >= 15 is 0 Å². The average Bonchev–Trinajstić information content (AvgIpc) is 2.82. The SMILES string of the molecule is CC(C)=CC(=O)Nc1onc(-c2ccncc2)c1C(N)=O. The van der Waals surface area contributed by atoms with E-state index in [2.05, 4.69) is 15.5 Å². The summed E-state index contributed by atoms with van der Waals surface area (Å²) in [5.41, 5.74) is 7.06. The second-order valence-corrected chi connectivity index (χ2v) is 4.55. The van der Waals surface area contributed by atoms with Gasteiger partial charge in [0, 0.05) is 24.0 Å². The molecule has 0 saturated heterocycles. The third-order valence-corrected chi connectivity index (χ3v) is 2.55. The third-order valence-electron chi connectivity index (χ3n) is 2.55. The summed E-state index contributed by atoms with van der Waals surface area (Å²) in [6, 6.07) is 3.32. The number of nitrogens with two attached hydrogens (primary N) is 1. The summed E-state index contributed by atoms with van der Waals surface area (Å²) in [5, 5.41) is 6.25. The Labute approximate surface area is 120 Å². The van der Waals surface area contributed by atoms with Gasteiger partial charge in [-0.3, -0.25) is 19.9 Å². The van der Waals surface area contributed by atoms with Crippen LogP contribution in [0.2, 0.25) is 0 Å². The van der Waals surface area contributed by atoms with Gasteiger partial charge in [0.15, 0.2) is 0 Å². The largest absolute Gasteiger partial charge is 0.365 e. The van der Waals surface area contributed by atoms with Crippen LogP contribution < -0.4 is 11.1 Å².